The fourth-order valence-corrected chi connectivity index (χ4v) is 3.09. The van der Waals surface area contributed by atoms with Crippen molar-refractivity contribution in [1.82, 2.24) is 10.1 Å². The molecule has 3 aromatic rings. The van der Waals surface area contributed by atoms with Gasteiger partial charge in [0.15, 0.2) is 11.6 Å². The van der Waals surface area contributed by atoms with Gasteiger partial charge in [-0.3, -0.25) is 4.79 Å². The Morgan fingerprint density at radius 3 is 2.69 bits per heavy atom. The Kier molecular flexibility index (Phi) is 4.16. The minimum atomic E-state index is -0.636. The van der Waals surface area contributed by atoms with Crippen LogP contribution in [0.25, 0.3) is 11.5 Å². The summed E-state index contributed by atoms with van der Waals surface area (Å²) in [5, 5.41) is 3.88. The summed E-state index contributed by atoms with van der Waals surface area (Å²) in [7, 11) is 0. The maximum Gasteiger partial charge on any atom is 0.257 e. The summed E-state index contributed by atoms with van der Waals surface area (Å²) in [5.74, 6) is -0.997. The molecule has 0 bridgehead atoms. The standard InChI is InChI=1S/C18H12ClF2N3O2/c19-13-2-1-3-14(16(13)21)24-9-11(8-15(24)25)17-22-18(26-23-17)10-4-6-12(20)7-5-10/h1-7,11H,8-9H2. The van der Waals surface area contributed by atoms with Crippen LogP contribution in [-0.4, -0.2) is 22.6 Å². The molecule has 1 aliphatic rings. The molecule has 2 aromatic carbocycles. The van der Waals surface area contributed by atoms with Crippen molar-refractivity contribution in [2.24, 2.45) is 0 Å². The van der Waals surface area contributed by atoms with Crippen molar-refractivity contribution in [1.29, 1.82) is 0 Å². The number of anilines is 1. The number of halogens is 3. The van der Waals surface area contributed by atoms with E-state index in [1.165, 1.54) is 41.3 Å². The van der Waals surface area contributed by atoms with Gasteiger partial charge in [0.2, 0.25) is 5.91 Å². The zero-order chi connectivity index (χ0) is 18.3. The number of carbonyl (C=O) groups excluding carboxylic acids is 1. The first-order chi connectivity index (χ1) is 12.5. The van der Waals surface area contributed by atoms with Gasteiger partial charge in [0, 0.05) is 24.4 Å². The Morgan fingerprint density at radius 1 is 1.15 bits per heavy atom. The van der Waals surface area contributed by atoms with Gasteiger partial charge in [-0.25, -0.2) is 8.78 Å². The molecule has 1 aliphatic heterocycles. The highest BCUT2D eigenvalue weighted by Gasteiger charge is 2.36. The largest absolute Gasteiger partial charge is 0.334 e. The number of carbonyl (C=O) groups is 1. The van der Waals surface area contributed by atoms with E-state index >= 15 is 0 Å². The SMILES string of the molecule is O=C1CC(c2noc(-c3ccc(F)cc3)n2)CN1c1cccc(Cl)c1F. The van der Waals surface area contributed by atoms with Gasteiger partial charge in [0.05, 0.1) is 10.7 Å². The second kappa shape index (κ2) is 6.49. The Bertz CT molecular complexity index is 975. The van der Waals surface area contributed by atoms with Gasteiger partial charge < -0.3 is 9.42 Å². The van der Waals surface area contributed by atoms with Gasteiger partial charge in [-0.05, 0) is 36.4 Å². The molecule has 4 rings (SSSR count). The third kappa shape index (κ3) is 2.94. The molecule has 132 valence electrons. The molecule has 1 fully saturated rings. The normalized spacial score (nSPS) is 17.1. The van der Waals surface area contributed by atoms with E-state index in [1.807, 2.05) is 0 Å². The minimum absolute atomic E-state index is 0.0445. The number of hydrogen-bond acceptors (Lipinski definition) is 4. The summed E-state index contributed by atoms with van der Waals surface area (Å²) in [6.45, 7) is 0.221. The van der Waals surface area contributed by atoms with Crippen molar-refractivity contribution >= 4 is 23.2 Å². The fraction of sp³-hybridized carbons (Fsp3) is 0.167. The van der Waals surface area contributed by atoms with Crippen LogP contribution in [0.3, 0.4) is 0 Å². The molecule has 8 heteroatoms. The third-order valence-corrected chi connectivity index (χ3v) is 4.54. The molecule has 0 radical (unpaired) electrons. The zero-order valence-corrected chi connectivity index (χ0v) is 14.1. The van der Waals surface area contributed by atoms with Crippen LogP contribution in [0.4, 0.5) is 14.5 Å². The second-order valence-electron chi connectivity index (χ2n) is 5.94. The summed E-state index contributed by atoms with van der Waals surface area (Å²) >= 11 is 5.80. The summed E-state index contributed by atoms with van der Waals surface area (Å²) in [6.07, 6.45) is 0.133. The van der Waals surface area contributed by atoms with Crippen LogP contribution in [0, 0.1) is 11.6 Å². The molecular formula is C18H12ClF2N3O2. The maximum atomic E-state index is 14.2. The quantitative estimate of drug-likeness (QED) is 0.688. The van der Waals surface area contributed by atoms with Crippen molar-refractivity contribution in [3.05, 3.63) is 64.9 Å². The predicted molar refractivity (Wildman–Crippen MR) is 90.8 cm³/mol. The van der Waals surface area contributed by atoms with Gasteiger partial charge in [-0.15, -0.1) is 0 Å². The highest BCUT2D eigenvalue weighted by molar-refractivity contribution is 6.31. The maximum absolute atomic E-state index is 14.2. The van der Waals surface area contributed by atoms with E-state index in [1.54, 1.807) is 6.07 Å². The molecular weight excluding hydrogens is 364 g/mol. The smallest absolute Gasteiger partial charge is 0.257 e. The number of hydrogen-bond donors (Lipinski definition) is 0. The first kappa shape index (κ1) is 16.7. The van der Waals surface area contributed by atoms with E-state index in [4.69, 9.17) is 16.1 Å². The highest BCUT2D eigenvalue weighted by Crippen LogP contribution is 2.34. The molecule has 1 saturated heterocycles. The molecule has 0 spiro atoms. The summed E-state index contributed by atoms with van der Waals surface area (Å²) in [6, 6.07) is 10.2. The molecule has 2 heterocycles. The topological polar surface area (TPSA) is 59.2 Å². The number of aromatic nitrogens is 2. The molecule has 26 heavy (non-hydrogen) atoms. The van der Waals surface area contributed by atoms with Gasteiger partial charge in [-0.2, -0.15) is 4.98 Å². The average molecular weight is 376 g/mol. The lowest BCUT2D eigenvalue weighted by Crippen LogP contribution is -2.25. The van der Waals surface area contributed by atoms with Crippen LogP contribution >= 0.6 is 11.6 Å². The lowest BCUT2D eigenvalue weighted by Gasteiger charge is -2.17. The van der Waals surface area contributed by atoms with Crippen molar-refractivity contribution < 1.29 is 18.1 Å². The average Bonchev–Trinajstić information content (AvgIpc) is 3.25. The molecule has 1 aromatic heterocycles. The van der Waals surface area contributed by atoms with E-state index in [0.29, 0.717) is 11.4 Å². The third-order valence-electron chi connectivity index (χ3n) is 4.25. The van der Waals surface area contributed by atoms with E-state index in [0.717, 1.165) is 0 Å². The van der Waals surface area contributed by atoms with E-state index in [2.05, 4.69) is 10.1 Å². The summed E-state index contributed by atoms with van der Waals surface area (Å²) in [5.41, 5.74) is 0.708. The monoisotopic (exact) mass is 375 g/mol. The first-order valence-corrected chi connectivity index (χ1v) is 8.24. The van der Waals surface area contributed by atoms with Gasteiger partial charge in [0.1, 0.15) is 5.82 Å². The zero-order valence-electron chi connectivity index (χ0n) is 13.3. The Balaban J connectivity index is 1.58. The lowest BCUT2D eigenvalue weighted by molar-refractivity contribution is -0.117. The molecule has 5 nitrogen and oxygen atoms in total. The van der Waals surface area contributed by atoms with Gasteiger partial charge >= 0.3 is 0 Å². The fourth-order valence-electron chi connectivity index (χ4n) is 2.92. The van der Waals surface area contributed by atoms with Crippen molar-refractivity contribution in [3.63, 3.8) is 0 Å². The van der Waals surface area contributed by atoms with Crippen LogP contribution < -0.4 is 4.90 Å². The van der Waals surface area contributed by atoms with Crippen molar-refractivity contribution in [2.45, 2.75) is 12.3 Å². The van der Waals surface area contributed by atoms with Gasteiger partial charge in [-0.1, -0.05) is 22.8 Å². The van der Waals surface area contributed by atoms with Crippen LogP contribution in [0.1, 0.15) is 18.2 Å². The second-order valence-corrected chi connectivity index (χ2v) is 6.35. The van der Waals surface area contributed by atoms with E-state index in [-0.39, 0.29) is 47.2 Å². The molecule has 0 saturated carbocycles. The minimum Gasteiger partial charge on any atom is -0.334 e. The van der Waals surface area contributed by atoms with Crippen molar-refractivity contribution in [2.75, 3.05) is 11.4 Å². The van der Waals surface area contributed by atoms with Crippen LogP contribution in [0.5, 0.6) is 0 Å². The Labute approximate surface area is 152 Å². The predicted octanol–water partition coefficient (Wildman–Crippen LogP) is 4.19. The Hall–Kier alpha value is -2.80. The number of benzene rings is 2. The summed E-state index contributed by atoms with van der Waals surface area (Å²) in [4.78, 5) is 18.0. The number of nitrogens with zero attached hydrogens (tertiary/aromatic N) is 3. The lowest BCUT2D eigenvalue weighted by atomic mass is 10.1. The van der Waals surface area contributed by atoms with Crippen LogP contribution in [0.15, 0.2) is 47.0 Å². The molecule has 0 N–H and O–H groups in total. The highest BCUT2D eigenvalue weighted by atomic mass is 35.5. The van der Waals surface area contributed by atoms with E-state index in [9.17, 15) is 13.6 Å². The molecule has 1 atom stereocenters. The van der Waals surface area contributed by atoms with Crippen LogP contribution in [0.2, 0.25) is 5.02 Å². The Morgan fingerprint density at radius 2 is 1.92 bits per heavy atom. The molecule has 0 aliphatic carbocycles. The number of amides is 1. The molecule has 1 unspecified atom stereocenters. The van der Waals surface area contributed by atoms with E-state index < -0.39 is 5.82 Å². The summed E-state index contributed by atoms with van der Waals surface area (Å²) < 4.78 is 32.4. The van der Waals surface area contributed by atoms with Gasteiger partial charge in [0.25, 0.3) is 5.89 Å². The number of rotatable bonds is 3. The van der Waals surface area contributed by atoms with Crippen LogP contribution in [-0.2, 0) is 4.79 Å². The first-order valence-electron chi connectivity index (χ1n) is 7.87. The molecule has 1 amide bonds. The van der Waals surface area contributed by atoms with Crippen molar-refractivity contribution in [3.8, 4) is 11.5 Å².